The number of rotatable bonds is 2. The van der Waals surface area contributed by atoms with Gasteiger partial charge in [-0.3, -0.25) is 4.57 Å². The summed E-state index contributed by atoms with van der Waals surface area (Å²) in [5.41, 5.74) is 1.54. The molecule has 1 heterocycles. The molecule has 4 nitrogen and oxygen atoms in total. The quantitative estimate of drug-likeness (QED) is 0.789. The summed E-state index contributed by atoms with van der Waals surface area (Å²) < 4.78 is 32.5. The highest BCUT2D eigenvalue weighted by atomic mass is 19.2. The first-order valence-electron chi connectivity index (χ1n) is 6.20. The van der Waals surface area contributed by atoms with Crippen molar-refractivity contribution in [2.75, 3.05) is 0 Å². The van der Waals surface area contributed by atoms with E-state index in [9.17, 15) is 18.7 Å². The number of hydrogen-bond acceptors (Lipinski definition) is 3. The molecule has 3 rings (SSSR count). The lowest BCUT2D eigenvalue weighted by Crippen LogP contribution is -2.08. The third-order valence-electron chi connectivity index (χ3n) is 3.39. The number of nitrogens with zero attached hydrogens (tertiary/aromatic N) is 1. The second kappa shape index (κ2) is 4.82. The van der Waals surface area contributed by atoms with E-state index in [2.05, 4.69) is 0 Å². The van der Waals surface area contributed by atoms with Crippen LogP contribution in [0.3, 0.4) is 0 Å². The van der Waals surface area contributed by atoms with Crippen molar-refractivity contribution in [3.05, 3.63) is 69.7 Å². The maximum absolute atomic E-state index is 13.2. The van der Waals surface area contributed by atoms with Crippen LogP contribution < -0.4 is 5.76 Å². The summed E-state index contributed by atoms with van der Waals surface area (Å²) in [5, 5.41) is 10.2. The van der Waals surface area contributed by atoms with E-state index in [0.29, 0.717) is 16.7 Å². The van der Waals surface area contributed by atoms with Gasteiger partial charge in [0.15, 0.2) is 17.2 Å². The third-order valence-corrected chi connectivity index (χ3v) is 3.39. The van der Waals surface area contributed by atoms with Crippen LogP contribution in [0.4, 0.5) is 8.78 Å². The number of benzene rings is 2. The summed E-state index contributed by atoms with van der Waals surface area (Å²) in [4.78, 5) is 11.4. The number of aliphatic hydroxyl groups is 1. The molecule has 0 spiro atoms. The first-order valence-corrected chi connectivity index (χ1v) is 6.20. The van der Waals surface area contributed by atoms with Gasteiger partial charge in [0.2, 0.25) is 0 Å². The van der Waals surface area contributed by atoms with Gasteiger partial charge in [-0.25, -0.2) is 13.6 Å². The maximum Gasteiger partial charge on any atom is 0.419 e. The van der Waals surface area contributed by atoms with E-state index in [0.717, 1.165) is 12.1 Å². The third kappa shape index (κ3) is 2.23. The smallest absolute Gasteiger partial charge is 0.408 e. The highest BCUT2D eigenvalue weighted by Crippen LogP contribution is 2.26. The van der Waals surface area contributed by atoms with Crippen LogP contribution in [0.1, 0.15) is 17.2 Å². The zero-order chi connectivity index (χ0) is 15.1. The molecule has 0 radical (unpaired) electrons. The largest absolute Gasteiger partial charge is 0.419 e. The van der Waals surface area contributed by atoms with Gasteiger partial charge in [0.25, 0.3) is 0 Å². The minimum Gasteiger partial charge on any atom is -0.408 e. The predicted molar refractivity (Wildman–Crippen MR) is 71.9 cm³/mol. The molecule has 0 saturated heterocycles. The Morgan fingerprint density at radius 1 is 1.10 bits per heavy atom. The number of aromatic nitrogens is 1. The number of aryl methyl sites for hydroxylation is 1. The zero-order valence-electron chi connectivity index (χ0n) is 11.0. The Kier molecular flexibility index (Phi) is 3.10. The van der Waals surface area contributed by atoms with Gasteiger partial charge in [-0.05, 0) is 35.4 Å². The molecule has 1 aromatic heterocycles. The molecule has 6 heteroatoms. The molecule has 0 bridgehead atoms. The molecule has 0 aliphatic heterocycles. The van der Waals surface area contributed by atoms with E-state index in [1.165, 1.54) is 16.7 Å². The molecule has 0 aliphatic carbocycles. The summed E-state index contributed by atoms with van der Waals surface area (Å²) >= 11 is 0. The van der Waals surface area contributed by atoms with Gasteiger partial charge in [-0.15, -0.1) is 0 Å². The number of aliphatic hydroxyl groups excluding tert-OH is 1. The second-order valence-corrected chi connectivity index (χ2v) is 4.73. The van der Waals surface area contributed by atoms with Crippen molar-refractivity contribution in [1.29, 1.82) is 0 Å². The summed E-state index contributed by atoms with van der Waals surface area (Å²) in [7, 11) is 1.57. The summed E-state index contributed by atoms with van der Waals surface area (Å²) in [6.45, 7) is 0. The van der Waals surface area contributed by atoms with Crippen LogP contribution >= 0.6 is 0 Å². The first-order chi connectivity index (χ1) is 9.97. The molecule has 21 heavy (non-hydrogen) atoms. The van der Waals surface area contributed by atoms with E-state index >= 15 is 0 Å². The van der Waals surface area contributed by atoms with E-state index in [1.807, 2.05) is 0 Å². The van der Waals surface area contributed by atoms with Crippen molar-refractivity contribution < 1.29 is 18.3 Å². The molecule has 1 atom stereocenters. The summed E-state index contributed by atoms with van der Waals surface area (Å²) in [6.07, 6.45) is -1.14. The number of fused-ring (bicyclic) bond motifs is 1. The lowest BCUT2D eigenvalue weighted by atomic mass is 10.0. The highest BCUT2D eigenvalue weighted by molar-refractivity contribution is 5.74. The van der Waals surface area contributed by atoms with Crippen molar-refractivity contribution >= 4 is 11.1 Å². The Morgan fingerprint density at radius 3 is 2.48 bits per heavy atom. The average molecular weight is 291 g/mol. The predicted octanol–water partition coefficient (Wildman–Crippen LogP) is 2.49. The highest BCUT2D eigenvalue weighted by Gasteiger charge is 2.15. The fourth-order valence-corrected chi connectivity index (χ4v) is 2.20. The number of halogens is 2. The number of hydrogen-bond donors (Lipinski definition) is 1. The van der Waals surface area contributed by atoms with Gasteiger partial charge in [0.05, 0.1) is 5.52 Å². The normalized spacial score (nSPS) is 12.8. The molecule has 1 N–H and O–H groups in total. The van der Waals surface area contributed by atoms with E-state index < -0.39 is 23.5 Å². The van der Waals surface area contributed by atoms with Crippen LogP contribution in [0, 0.1) is 11.6 Å². The molecular weight excluding hydrogens is 280 g/mol. The van der Waals surface area contributed by atoms with Crippen molar-refractivity contribution in [3.8, 4) is 0 Å². The van der Waals surface area contributed by atoms with Crippen LogP contribution in [0.15, 0.2) is 45.6 Å². The van der Waals surface area contributed by atoms with Crippen molar-refractivity contribution in [2.45, 2.75) is 6.10 Å². The van der Waals surface area contributed by atoms with Gasteiger partial charge >= 0.3 is 5.76 Å². The monoisotopic (exact) mass is 291 g/mol. The van der Waals surface area contributed by atoms with E-state index in [4.69, 9.17) is 4.42 Å². The lowest BCUT2D eigenvalue weighted by Gasteiger charge is -2.11. The Hall–Kier alpha value is -2.47. The van der Waals surface area contributed by atoms with Crippen molar-refractivity contribution in [3.63, 3.8) is 0 Å². The lowest BCUT2D eigenvalue weighted by molar-refractivity contribution is 0.219. The Balaban J connectivity index is 2.06. The van der Waals surface area contributed by atoms with Gasteiger partial charge < -0.3 is 9.52 Å². The molecular formula is C15H11F2NO3. The molecule has 0 saturated carbocycles. The summed E-state index contributed by atoms with van der Waals surface area (Å²) in [6, 6.07) is 7.92. The van der Waals surface area contributed by atoms with E-state index in [-0.39, 0.29) is 5.56 Å². The SMILES string of the molecule is Cn1c(=O)oc2cc(C(O)c3ccc(F)c(F)c3)ccc21. The molecule has 0 aliphatic rings. The standard InChI is InChI=1S/C15H11F2NO3/c1-18-12-5-3-9(7-13(12)21-15(18)20)14(19)8-2-4-10(16)11(17)6-8/h2-7,14,19H,1H3. The molecule has 0 fully saturated rings. The van der Waals surface area contributed by atoms with Gasteiger partial charge in [0, 0.05) is 7.05 Å². The molecule has 108 valence electrons. The van der Waals surface area contributed by atoms with Crippen LogP contribution in [0.25, 0.3) is 11.1 Å². The Morgan fingerprint density at radius 2 is 1.76 bits per heavy atom. The second-order valence-electron chi connectivity index (χ2n) is 4.73. The molecule has 3 aromatic rings. The van der Waals surface area contributed by atoms with E-state index in [1.54, 1.807) is 19.2 Å². The topological polar surface area (TPSA) is 55.4 Å². The van der Waals surface area contributed by atoms with Crippen LogP contribution in [-0.2, 0) is 7.05 Å². The fraction of sp³-hybridized carbons (Fsp3) is 0.133. The molecule has 2 aromatic carbocycles. The zero-order valence-corrected chi connectivity index (χ0v) is 11.0. The summed E-state index contributed by atoms with van der Waals surface area (Å²) in [5.74, 6) is -2.52. The van der Waals surface area contributed by atoms with Crippen LogP contribution in [-0.4, -0.2) is 9.67 Å². The van der Waals surface area contributed by atoms with Gasteiger partial charge in [0.1, 0.15) is 6.10 Å². The van der Waals surface area contributed by atoms with Crippen LogP contribution in [0.5, 0.6) is 0 Å². The average Bonchev–Trinajstić information content (AvgIpc) is 2.76. The van der Waals surface area contributed by atoms with Crippen LogP contribution in [0.2, 0.25) is 0 Å². The van der Waals surface area contributed by atoms with Crippen molar-refractivity contribution in [1.82, 2.24) is 4.57 Å². The van der Waals surface area contributed by atoms with Gasteiger partial charge in [-0.1, -0.05) is 12.1 Å². The maximum atomic E-state index is 13.2. The molecule has 1 unspecified atom stereocenters. The Bertz CT molecular complexity index is 882. The molecule has 0 amide bonds. The Labute approximate surface area is 117 Å². The number of oxazole rings is 1. The minimum absolute atomic E-state index is 0.214. The fourth-order valence-electron chi connectivity index (χ4n) is 2.20. The van der Waals surface area contributed by atoms with Gasteiger partial charge in [-0.2, -0.15) is 0 Å². The minimum atomic E-state index is -1.14. The van der Waals surface area contributed by atoms with Crippen molar-refractivity contribution in [2.24, 2.45) is 7.05 Å². The first kappa shape index (κ1) is 13.5.